The van der Waals surface area contributed by atoms with Crippen LogP contribution in [-0.4, -0.2) is 46.2 Å². The van der Waals surface area contributed by atoms with Gasteiger partial charge in [0.15, 0.2) is 0 Å². The predicted octanol–water partition coefficient (Wildman–Crippen LogP) is 1.66. The van der Waals surface area contributed by atoms with Crippen LogP contribution in [0.4, 0.5) is 0 Å². The molecular weight excluding hydrogens is 234 g/mol. The van der Waals surface area contributed by atoms with Crippen molar-refractivity contribution in [3.05, 3.63) is 0 Å². The zero-order chi connectivity index (χ0) is 14.0. The minimum Gasteiger partial charge on any atom is -0.479 e. The predicted molar refractivity (Wildman–Crippen MR) is 67.3 cm³/mol. The smallest absolute Gasteiger partial charge is 0.329 e. The summed E-state index contributed by atoms with van der Waals surface area (Å²) in [7, 11) is 0. The molecule has 0 aromatic rings. The van der Waals surface area contributed by atoms with Gasteiger partial charge in [0, 0.05) is 6.54 Å². The maximum Gasteiger partial charge on any atom is 0.329 e. The molecule has 1 fully saturated rings. The van der Waals surface area contributed by atoms with Crippen molar-refractivity contribution < 1.29 is 19.4 Å². The van der Waals surface area contributed by atoms with Gasteiger partial charge in [-0.25, -0.2) is 4.79 Å². The van der Waals surface area contributed by atoms with Crippen molar-refractivity contribution in [3.8, 4) is 0 Å². The number of ether oxygens (including phenoxy) is 1. The number of rotatable bonds is 4. The van der Waals surface area contributed by atoms with E-state index in [4.69, 9.17) is 4.74 Å². The molecule has 1 aliphatic rings. The number of amides is 1. The third-order valence-electron chi connectivity index (χ3n) is 3.40. The van der Waals surface area contributed by atoms with Crippen LogP contribution in [0.25, 0.3) is 0 Å². The molecule has 1 aliphatic heterocycles. The molecule has 5 nitrogen and oxygen atoms in total. The first-order chi connectivity index (χ1) is 8.23. The second kappa shape index (κ2) is 5.26. The lowest BCUT2D eigenvalue weighted by molar-refractivity contribution is -0.160. The van der Waals surface area contributed by atoms with Gasteiger partial charge in [-0.2, -0.15) is 0 Å². The minimum absolute atomic E-state index is 0.0570. The van der Waals surface area contributed by atoms with Crippen molar-refractivity contribution in [2.24, 2.45) is 0 Å². The van der Waals surface area contributed by atoms with E-state index in [9.17, 15) is 14.7 Å². The first-order valence-electron chi connectivity index (χ1n) is 6.41. The summed E-state index contributed by atoms with van der Waals surface area (Å²) < 4.78 is 5.44. The largest absolute Gasteiger partial charge is 0.479 e. The molecule has 1 rings (SSSR count). The van der Waals surface area contributed by atoms with E-state index in [1.165, 1.54) is 4.90 Å². The van der Waals surface area contributed by atoms with Gasteiger partial charge >= 0.3 is 5.97 Å². The SMILES string of the molecule is CCC1(C(=O)O)CCCN1C(=O)COC(C)(C)C. The quantitative estimate of drug-likeness (QED) is 0.831. The molecule has 0 aliphatic carbocycles. The molecule has 5 heteroatoms. The Labute approximate surface area is 108 Å². The highest BCUT2D eigenvalue weighted by Gasteiger charge is 2.48. The number of likely N-dealkylation sites (tertiary alicyclic amines) is 1. The van der Waals surface area contributed by atoms with Crippen LogP contribution in [0, 0.1) is 0 Å². The lowest BCUT2D eigenvalue weighted by atomic mass is 9.93. The topological polar surface area (TPSA) is 66.8 Å². The van der Waals surface area contributed by atoms with Crippen molar-refractivity contribution in [2.75, 3.05) is 13.2 Å². The lowest BCUT2D eigenvalue weighted by Gasteiger charge is -2.34. The van der Waals surface area contributed by atoms with Crippen molar-refractivity contribution in [1.82, 2.24) is 4.90 Å². The van der Waals surface area contributed by atoms with E-state index in [0.29, 0.717) is 19.4 Å². The number of aliphatic carboxylic acids is 1. The zero-order valence-corrected chi connectivity index (χ0v) is 11.7. The average molecular weight is 257 g/mol. The van der Waals surface area contributed by atoms with Crippen LogP contribution in [0.15, 0.2) is 0 Å². The zero-order valence-electron chi connectivity index (χ0n) is 11.7. The number of carbonyl (C=O) groups is 2. The van der Waals surface area contributed by atoms with Gasteiger partial charge in [-0.3, -0.25) is 4.79 Å². The number of hydrogen-bond donors (Lipinski definition) is 1. The second-order valence-electron chi connectivity index (χ2n) is 5.74. The van der Waals surface area contributed by atoms with Crippen molar-refractivity contribution in [1.29, 1.82) is 0 Å². The maximum atomic E-state index is 12.1. The highest BCUT2D eigenvalue weighted by atomic mass is 16.5. The number of carbonyl (C=O) groups excluding carboxylic acids is 1. The highest BCUT2D eigenvalue weighted by Crippen LogP contribution is 2.33. The molecule has 1 saturated heterocycles. The fraction of sp³-hybridized carbons (Fsp3) is 0.846. The summed E-state index contributed by atoms with van der Waals surface area (Å²) >= 11 is 0. The van der Waals surface area contributed by atoms with Gasteiger partial charge in [-0.15, -0.1) is 0 Å². The van der Waals surface area contributed by atoms with E-state index in [2.05, 4.69) is 0 Å². The summed E-state index contributed by atoms with van der Waals surface area (Å²) in [6.07, 6.45) is 1.70. The molecule has 0 saturated carbocycles. The molecule has 1 unspecified atom stereocenters. The average Bonchev–Trinajstić information content (AvgIpc) is 2.69. The summed E-state index contributed by atoms with van der Waals surface area (Å²) in [5.74, 6) is -1.14. The molecule has 0 spiro atoms. The fourth-order valence-corrected chi connectivity index (χ4v) is 2.34. The first kappa shape index (κ1) is 15.0. The van der Waals surface area contributed by atoms with Gasteiger partial charge in [-0.05, 0) is 40.0 Å². The minimum atomic E-state index is -1.03. The molecule has 104 valence electrons. The van der Waals surface area contributed by atoms with E-state index in [1.807, 2.05) is 27.7 Å². The lowest BCUT2D eigenvalue weighted by Crippen LogP contribution is -2.54. The fourth-order valence-electron chi connectivity index (χ4n) is 2.34. The number of nitrogens with zero attached hydrogens (tertiary/aromatic N) is 1. The third-order valence-corrected chi connectivity index (χ3v) is 3.40. The molecule has 0 radical (unpaired) electrons. The van der Waals surface area contributed by atoms with Crippen LogP contribution in [0.1, 0.15) is 47.0 Å². The summed E-state index contributed by atoms with van der Waals surface area (Å²) in [6.45, 7) is 7.87. The Morgan fingerprint density at radius 1 is 1.39 bits per heavy atom. The third kappa shape index (κ3) is 3.02. The Balaban J connectivity index is 2.75. The normalized spacial score (nSPS) is 24.3. The standard InChI is InChI=1S/C13H23NO4/c1-5-13(11(16)17)7-6-8-14(13)10(15)9-18-12(2,3)4/h5-9H2,1-4H3,(H,16,17). The number of carboxylic acid groups (broad SMARTS) is 1. The number of carboxylic acids is 1. The molecule has 0 aromatic heterocycles. The van der Waals surface area contributed by atoms with Crippen LogP contribution in [-0.2, 0) is 14.3 Å². The van der Waals surface area contributed by atoms with Crippen molar-refractivity contribution in [3.63, 3.8) is 0 Å². The van der Waals surface area contributed by atoms with Crippen molar-refractivity contribution >= 4 is 11.9 Å². The molecular formula is C13H23NO4. The molecule has 1 atom stereocenters. The highest BCUT2D eigenvalue weighted by molar-refractivity contribution is 5.88. The Bertz CT molecular complexity index is 334. The summed E-state index contributed by atoms with van der Waals surface area (Å²) in [4.78, 5) is 25.0. The van der Waals surface area contributed by atoms with E-state index >= 15 is 0 Å². The van der Waals surface area contributed by atoms with Crippen LogP contribution in [0.3, 0.4) is 0 Å². The van der Waals surface area contributed by atoms with Gasteiger partial charge in [-0.1, -0.05) is 6.92 Å². The van der Waals surface area contributed by atoms with Crippen LogP contribution in [0.5, 0.6) is 0 Å². The van der Waals surface area contributed by atoms with E-state index in [1.54, 1.807) is 0 Å². The summed E-state index contributed by atoms with van der Waals surface area (Å²) in [5.41, 5.74) is -1.42. The first-order valence-corrected chi connectivity index (χ1v) is 6.41. The van der Waals surface area contributed by atoms with Crippen LogP contribution < -0.4 is 0 Å². The molecule has 1 amide bonds. The Hall–Kier alpha value is -1.10. The van der Waals surface area contributed by atoms with Gasteiger partial charge in [0.2, 0.25) is 5.91 Å². The van der Waals surface area contributed by atoms with Gasteiger partial charge < -0.3 is 14.7 Å². The molecule has 0 aromatic carbocycles. The van der Waals surface area contributed by atoms with Crippen molar-refractivity contribution in [2.45, 2.75) is 58.1 Å². The van der Waals surface area contributed by atoms with Crippen LogP contribution in [0.2, 0.25) is 0 Å². The molecule has 18 heavy (non-hydrogen) atoms. The second-order valence-corrected chi connectivity index (χ2v) is 5.74. The summed E-state index contributed by atoms with van der Waals surface area (Å²) in [5, 5.41) is 9.38. The van der Waals surface area contributed by atoms with Crippen LogP contribution >= 0.6 is 0 Å². The van der Waals surface area contributed by atoms with E-state index < -0.39 is 17.1 Å². The van der Waals surface area contributed by atoms with Gasteiger partial charge in [0.05, 0.1) is 5.60 Å². The monoisotopic (exact) mass is 257 g/mol. The molecule has 0 bridgehead atoms. The molecule has 1 heterocycles. The Morgan fingerprint density at radius 3 is 2.44 bits per heavy atom. The molecule has 1 N–H and O–H groups in total. The Kier molecular flexibility index (Phi) is 4.37. The Morgan fingerprint density at radius 2 is 2.00 bits per heavy atom. The van der Waals surface area contributed by atoms with E-state index in [0.717, 1.165) is 6.42 Å². The van der Waals surface area contributed by atoms with E-state index in [-0.39, 0.29) is 12.5 Å². The number of hydrogen-bond acceptors (Lipinski definition) is 3. The van der Waals surface area contributed by atoms with Gasteiger partial charge in [0.1, 0.15) is 12.1 Å². The maximum absolute atomic E-state index is 12.1. The summed E-state index contributed by atoms with van der Waals surface area (Å²) in [6, 6.07) is 0. The van der Waals surface area contributed by atoms with Gasteiger partial charge in [0.25, 0.3) is 0 Å².